The number of carboxylic acid groups (broad SMARTS) is 1. The molecule has 4 rings (SSSR count). The molecule has 1 aliphatic rings. The van der Waals surface area contributed by atoms with Gasteiger partial charge in [-0.1, -0.05) is 34.8 Å². The fourth-order valence-corrected chi connectivity index (χ4v) is 5.54. The highest BCUT2D eigenvalue weighted by Gasteiger charge is 2.67. The number of amides is 3. The van der Waals surface area contributed by atoms with Gasteiger partial charge in [-0.2, -0.15) is 0 Å². The van der Waals surface area contributed by atoms with E-state index in [0.29, 0.717) is 20.5 Å². The summed E-state index contributed by atoms with van der Waals surface area (Å²) in [4.78, 5) is 37.8. The standard InChI is InChI=1S/C25H17Cl5FN3O4/c1-34(24(37)38)19-10-15(3-5-18(19)31)32-22(35)16-9-14(2-4-17(16)28)33-23(36)21-20(25(21,29)30)11-6-12(26)8-13(27)7-11/h2-10,20-21H,1H3,(H,32,35)(H,33,36)(H,37,38). The summed E-state index contributed by atoms with van der Waals surface area (Å²) < 4.78 is 12.7. The predicted octanol–water partition coefficient (Wildman–Crippen LogP) is 7.68. The third kappa shape index (κ3) is 5.80. The lowest BCUT2D eigenvalue weighted by atomic mass is 10.1. The van der Waals surface area contributed by atoms with Gasteiger partial charge in [0.1, 0.15) is 10.2 Å². The van der Waals surface area contributed by atoms with Gasteiger partial charge in [0.05, 0.1) is 22.2 Å². The van der Waals surface area contributed by atoms with Crippen LogP contribution in [-0.4, -0.2) is 34.4 Å². The van der Waals surface area contributed by atoms with Gasteiger partial charge in [-0.05, 0) is 60.2 Å². The van der Waals surface area contributed by atoms with Crippen LogP contribution in [0.5, 0.6) is 0 Å². The first-order valence-corrected chi connectivity index (χ1v) is 12.7. The average molecular weight is 620 g/mol. The third-order valence-electron chi connectivity index (χ3n) is 5.91. The molecule has 0 spiro atoms. The van der Waals surface area contributed by atoms with Crippen molar-refractivity contribution in [2.24, 2.45) is 5.92 Å². The van der Waals surface area contributed by atoms with E-state index >= 15 is 0 Å². The first-order chi connectivity index (χ1) is 17.8. The van der Waals surface area contributed by atoms with E-state index in [-0.39, 0.29) is 27.6 Å². The Labute approximate surface area is 241 Å². The highest BCUT2D eigenvalue weighted by Crippen LogP contribution is 2.65. The second-order valence-electron chi connectivity index (χ2n) is 8.48. The Bertz CT molecular complexity index is 1450. The third-order valence-corrected chi connectivity index (χ3v) is 7.62. The maximum Gasteiger partial charge on any atom is 0.411 e. The first-order valence-electron chi connectivity index (χ1n) is 10.8. The van der Waals surface area contributed by atoms with Crippen molar-refractivity contribution in [1.82, 2.24) is 0 Å². The molecule has 13 heteroatoms. The van der Waals surface area contributed by atoms with Crippen LogP contribution in [0, 0.1) is 11.7 Å². The fraction of sp³-hybridized carbons (Fsp3) is 0.160. The molecule has 7 nitrogen and oxygen atoms in total. The van der Waals surface area contributed by atoms with E-state index in [9.17, 15) is 18.8 Å². The Morgan fingerprint density at radius 3 is 2.16 bits per heavy atom. The highest BCUT2D eigenvalue weighted by atomic mass is 35.5. The largest absolute Gasteiger partial charge is 0.465 e. The van der Waals surface area contributed by atoms with E-state index < -0.39 is 39.9 Å². The predicted molar refractivity (Wildman–Crippen MR) is 148 cm³/mol. The lowest BCUT2D eigenvalue weighted by molar-refractivity contribution is -0.117. The number of anilines is 3. The number of hydrogen-bond acceptors (Lipinski definition) is 3. The van der Waals surface area contributed by atoms with Gasteiger partial charge in [0, 0.05) is 34.4 Å². The van der Waals surface area contributed by atoms with E-state index in [1.54, 1.807) is 18.2 Å². The molecule has 0 aliphatic heterocycles. The summed E-state index contributed by atoms with van der Waals surface area (Å²) in [6, 6.07) is 12.5. The van der Waals surface area contributed by atoms with Crippen LogP contribution in [0.15, 0.2) is 54.6 Å². The van der Waals surface area contributed by atoms with Gasteiger partial charge in [0.25, 0.3) is 5.91 Å². The first kappa shape index (κ1) is 28.3. The zero-order valence-electron chi connectivity index (χ0n) is 19.2. The average Bonchev–Trinajstić information content (AvgIpc) is 3.42. The smallest absolute Gasteiger partial charge is 0.411 e. The molecule has 3 N–H and O–H groups in total. The van der Waals surface area contributed by atoms with Crippen molar-refractivity contribution in [1.29, 1.82) is 0 Å². The number of nitrogens with zero attached hydrogens (tertiary/aromatic N) is 1. The molecule has 198 valence electrons. The molecule has 1 fully saturated rings. The number of hydrogen-bond donors (Lipinski definition) is 3. The van der Waals surface area contributed by atoms with Crippen LogP contribution in [0.3, 0.4) is 0 Å². The van der Waals surface area contributed by atoms with Crippen molar-refractivity contribution in [3.05, 3.63) is 86.6 Å². The van der Waals surface area contributed by atoms with Crippen molar-refractivity contribution in [3.8, 4) is 0 Å². The maximum atomic E-state index is 14.1. The van der Waals surface area contributed by atoms with Crippen molar-refractivity contribution in [2.45, 2.75) is 10.3 Å². The van der Waals surface area contributed by atoms with E-state index in [1.165, 1.54) is 24.3 Å². The van der Waals surface area contributed by atoms with Crippen LogP contribution < -0.4 is 15.5 Å². The Balaban J connectivity index is 1.51. The lowest BCUT2D eigenvalue weighted by Crippen LogP contribution is -2.25. The van der Waals surface area contributed by atoms with Gasteiger partial charge < -0.3 is 15.7 Å². The number of benzene rings is 3. The minimum Gasteiger partial charge on any atom is -0.465 e. The molecule has 0 heterocycles. The van der Waals surface area contributed by atoms with Crippen LogP contribution in [0.2, 0.25) is 15.1 Å². The molecule has 2 unspecified atom stereocenters. The molecular formula is C25H17Cl5FN3O4. The van der Waals surface area contributed by atoms with Crippen LogP contribution in [0.1, 0.15) is 21.8 Å². The molecule has 0 saturated heterocycles. The lowest BCUT2D eigenvalue weighted by Gasteiger charge is -2.16. The minimum absolute atomic E-state index is 0.00101. The molecule has 3 aromatic carbocycles. The van der Waals surface area contributed by atoms with Gasteiger partial charge >= 0.3 is 6.09 Å². The fourth-order valence-electron chi connectivity index (χ4n) is 3.97. The second kappa shape index (κ2) is 10.8. The summed E-state index contributed by atoms with van der Waals surface area (Å²) >= 11 is 31.2. The highest BCUT2D eigenvalue weighted by molar-refractivity contribution is 6.53. The molecule has 3 amide bonds. The van der Waals surface area contributed by atoms with Gasteiger partial charge in [0.2, 0.25) is 5.91 Å². The van der Waals surface area contributed by atoms with Crippen molar-refractivity contribution in [2.75, 3.05) is 22.6 Å². The molecule has 38 heavy (non-hydrogen) atoms. The van der Waals surface area contributed by atoms with E-state index in [0.717, 1.165) is 19.2 Å². The number of halogens is 6. The summed E-state index contributed by atoms with van der Waals surface area (Å²) in [7, 11) is 1.16. The molecule has 3 aromatic rings. The molecule has 2 atom stereocenters. The topological polar surface area (TPSA) is 98.7 Å². The number of carbonyl (C=O) groups excluding carboxylic acids is 2. The van der Waals surface area contributed by atoms with Crippen LogP contribution in [0.25, 0.3) is 0 Å². The molecule has 1 aliphatic carbocycles. The number of alkyl halides is 2. The normalized spacial score (nSPS) is 17.4. The Morgan fingerprint density at radius 2 is 1.53 bits per heavy atom. The molecule has 1 saturated carbocycles. The Hall–Kier alpha value is -2.75. The van der Waals surface area contributed by atoms with Crippen LogP contribution in [0.4, 0.5) is 26.2 Å². The van der Waals surface area contributed by atoms with Gasteiger partial charge in [-0.15, -0.1) is 23.2 Å². The maximum absolute atomic E-state index is 14.1. The quantitative estimate of drug-likeness (QED) is 0.247. The Morgan fingerprint density at radius 1 is 0.921 bits per heavy atom. The van der Waals surface area contributed by atoms with Gasteiger partial charge in [-0.3, -0.25) is 14.5 Å². The summed E-state index contributed by atoms with van der Waals surface area (Å²) in [6.45, 7) is 0. The molecular weight excluding hydrogens is 603 g/mol. The zero-order chi connectivity index (χ0) is 27.9. The molecule has 0 aromatic heterocycles. The zero-order valence-corrected chi connectivity index (χ0v) is 23.0. The molecule has 0 radical (unpaired) electrons. The summed E-state index contributed by atoms with van der Waals surface area (Å²) in [5, 5.41) is 15.2. The van der Waals surface area contributed by atoms with Crippen LogP contribution in [-0.2, 0) is 4.79 Å². The minimum atomic E-state index is -1.39. The second-order valence-corrected chi connectivity index (χ2v) is 11.2. The van der Waals surface area contributed by atoms with E-state index in [4.69, 9.17) is 63.1 Å². The SMILES string of the molecule is CN(C(=O)O)c1cc(NC(=O)c2cc(NC(=O)C3C(c4cc(Cl)cc(Cl)c4)C3(Cl)Cl)ccc2Cl)ccc1F. The monoisotopic (exact) mass is 617 g/mol. The summed E-state index contributed by atoms with van der Waals surface area (Å²) in [5.74, 6) is -3.34. The number of rotatable bonds is 6. The Kier molecular flexibility index (Phi) is 8.02. The van der Waals surface area contributed by atoms with Crippen molar-refractivity contribution in [3.63, 3.8) is 0 Å². The van der Waals surface area contributed by atoms with Gasteiger partial charge in [-0.25, -0.2) is 9.18 Å². The molecule has 0 bridgehead atoms. The number of carbonyl (C=O) groups is 3. The van der Waals surface area contributed by atoms with Crippen LogP contribution >= 0.6 is 58.0 Å². The summed E-state index contributed by atoms with van der Waals surface area (Å²) in [5.41, 5.74) is 0.719. The van der Waals surface area contributed by atoms with E-state index in [2.05, 4.69) is 10.6 Å². The van der Waals surface area contributed by atoms with Crippen molar-refractivity contribution < 1.29 is 23.9 Å². The number of nitrogens with one attached hydrogen (secondary N) is 2. The summed E-state index contributed by atoms with van der Waals surface area (Å²) in [6.07, 6.45) is -1.38. The van der Waals surface area contributed by atoms with Crippen molar-refractivity contribution >= 4 is 93.0 Å². The van der Waals surface area contributed by atoms with E-state index in [1.807, 2.05) is 0 Å². The van der Waals surface area contributed by atoms with Gasteiger partial charge in [0.15, 0.2) is 0 Å².